The van der Waals surface area contributed by atoms with Gasteiger partial charge in [-0.3, -0.25) is 5.14 Å². The summed E-state index contributed by atoms with van der Waals surface area (Å²) < 4.78 is 23.7. The quantitative estimate of drug-likeness (QED) is 0.392. The highest BCUT2D eigenvalue weighted by atomic mass is 79.9. The molecule has 0 fully saturated rings. The lowest BCUT2D eigenvalue weighted by Gasteiger charge is -2.12. The minimum atomic E-state index is -2.76. The van der Waals surface area contributed by atoms with Gasteiger partial charge in [0.2, 0.25) is 0 Å². The summed E-state index contributed by atoms with van der Waals surface area (Å²) in [5, 5.41) is 9.72. The molecule has 0 aliphatic rings. The number of aromatic nitrogens is 2. The van der Waals surface area contributed by atoms with Crippen LogP contribution in [-0.2, 0) is 21.1 Å². The molecule has 148 valence electrons. The molecule has 0 saturated carbocycles. The number of halogens is 1. The van der Waals surface area contributed by atoms with Crippen LogP contribution in [0, 0.1) is 0 Å². The fourth-order valence-corrected chi connectivity index (χ4v) is 3.71. The van der Waals surface area contributed by atoms with Crippen molar-refractivity contribution in [2.75, 3.05) is 25.6 Å². The molecule has 0 saturated heterocycles. The van der Waals surface area contributed by atoms with Gasteiger partial charge in [0, 0.05) is 30.0 Å². The number of hydrogen-bond donors (Lipinski definition) is 2. The van der Waals surface area contributed by atoms with E-state index in [1.807, 2.05) is 18.2 Å². The SMILES string of the molecule is C=S(N)(=O)c1cccc(COc2cc3ncnc(NCCOC)c3cc2Br)c1. The highest BCUT2D eigenvalue weighted by Gasteiger charge is 2.10. The number of benzene rings is 2. The Kier molecular flexibility index (Phi) is 6.50. The fraction of sp³-hybridized carbons (Fsp3) is 0.211. The highest BCUT2D eigenvalue weighted by Crippen LogP contribution is 2.32. The van der Waals surface area contributed by atoms with Crippen LogP contribution in [0.2, 0.25) is 0 Å². The number of nitrogens with zero attached hydrogens (tertiary/aromatic N) is 2. The molecule has 0 aliphatic heterocycles. The first-order valence-electron chi connectivity index (χ1n) is 8.42. The van der Waals surface area contributed by atoms with Gasteiger partial charge in [0.15, 0.2) is 0 Å². The molecule has 0 bridgehead atoms. The summed E-state index contributed by atoms with van der Waals surface area (Å²) in [6.45, 7) is 1.51. The van der Waals surface area contributed by atoms with Gasteiger partial charge in [0.1, 0.15) is 24.5 Å². The molecule has 0 spiro atoms. The zero-order chi connectivity index (χ0) is 20.1. The Morgan fingerprint density at radius 3 is 2.86 bits per heavy atom. The van der Waals surface area contributed by atoms with E-state index < -0.39 is 9.71 Å². The molecular weight excluding hydrogens is 444 g/mol. The van der Waals surface area contributed by atoms with Crippen LogP contribution in [0.1, 0.15) is 5.56 Å². The molecule has 7 nitrogen and oxygen atoms in total. The number of fused-ring (bicyclic) bond motifs is 1. The Balaban J connectivity index is 1.81. The number of ether oxygens (including phenoxy) is 2. The molecule has 0 amide bonds. The van der Waals surface area contributed by atoms with E-state index in [9.17, 15) is 4.21 Å². The molecule has 1 heterocycles. The van der Waals surface area contributed by atoms with E-state index in [4.69, 9.17) is 14.6 Å². The summed E-state index contributed by atoms with van der Waals surface area (Å²) in [4.78, 5) is 9.11. The van der Waals surface area contributed by atoms with Crippen molar-refractivity contribution in [1.29, 1.82) is 0 Å². The zero-order valence-electron chi connectivity index (χ0n) is 15.4. The second kappa shape index (κ2) is 8.87. The number of hydrogen-bond acceptors (Lipinski definition) is 6. The predicted molar refractivity (Wildman–Crippen MR) is 116 cm³/mol. The van der Waals surface area contributed by atoms with Crippen molar-refractivity contribution >= 4 is 48.2 Å². The van der Waals surface area contributed by atoms with Gasteiger partial charge in [-0.2, -0.15) is 0 Å². The van der Waals surface area contributed by atoms with Crippen molar-refractivity contribution in [3.63, 3.8) is 0 Å². The average Bonchev–Trinajstić information content (AvgIpc) is 2.66. The normalized spacial score (nSPS) is 13.2. The molecule has 3 rings (SSSR count). The van der Waals surface area contributed by atoms with Crippen molar-refractivity contribution in [3.05, 3.63) is 52.8 Å². The van der Waals surface area contributed by atoms with Gasteiger partial charge in [-0.15, -0.1) is 0 Å². The van der Waals surface area contributed by atoms with Crippen LogP contribution in [0.15, 0.2) is 52.1 Å². The Morgan fingerprint density at radius 1 is 1.29 bits per heavy atom. The number of nitrogens with one attached hydrogen (secondary N) is 1. The van der Waals surface area contributed by atoms with Crippen molar-refractivity contribution in [3.8, 4) is 5.75 Å². The monoisotopic (exact) mass is 464 g/mol. The summed E-state index contributed by atoms with van der Waals surface area (Å²) in [5.74, 6) is 4.89. The van der Waals surface area contributed by atoms with E-state index in [0.29, 0.717) is 23.8 Å². The maximum absolute atomic E-state index is 11.9. The molecule has 0 radical (unpaired) electrons. The van der Waals surface area contributed by atoms with Gasteiger partial charge in [0.25, 0.3) is 0 Å². The molecule has 3 aromatic rings. The standard InChI is InChI=1S/C19H21BrN4O3S/c1-26-7-6-22-19-15-9-16(20)18(10-17(15)23-12-24-19)27-11-13-4-3-5-14(8-13)28(2,21)25/h3-5,8-10,12H,2,6-7,11H2,1H3,(H2,21,25)(H,22,23,24). The van der Waals surface area contributed by atoms with Crippen LogP contribution < -0.4 is 15.2 Å². The Hall–Kier alpha value is -2.20. The third-order valence-corrected chi connectivity index (χ3v) is 5.65. The van der Waals surface area contributed by atoms with E-state index in [1.54, 1.807) is 25.3 Å². The molecular formula is C19H21BrN4O3S. The average molecular weight is 465 g/mol. The minimum absolute atomic E-state index is 0.289. The second-order valence-corrected chi connectivity index (χ2v) is 8.88. The maximum atomic E-state index is 11.9. The molecule has 1 aromatic heterocycles. The molecule has 3 N–H and O–H groups in total. The van der Waals surface area contributed by atoms with E-state index in [0.717, 1.165) is 26.8 Å². The fourth-order valence-electron chi connectivity index (χ4n) is 2.59. The van der Waals surface area contributed by atoms with Gasteiger partial charge >= 0.3 is 0 Å². The Morgan fingerprint density at radius 2 is 2.11 bits per heavy atom. The van der Waals surface area contributed by atoms with Gasteiger partial charge in [0.05, 0.1) is 26.3 Å². The van der Waals surface area contributed by atoms with Gasteiger partial charge in [-0.05, 0) is 45.6 Å². The molecule has 2 aromatic carbocycles. The van der Waals surface area contributed by atoms with Crippen molar-refractivity contribution in [2.24, 2.45) is 5.14 Å². The first-order valence-corrected chi connectivity index (χ1v) is 11.0. The summed E-state index contributed by atoms with van der Waals surface area (Å²) >= 11 is 3.54. The number of methoxy groups -OCH3 is 1. The smallest absolute Gasteiger partial charge is 0.137 e. The van der Waals surface area contributed by atoms with Crippen molar-refractivity contribution < 1.29 is 13.7 Å². The van der Waals surface area contributed by atoms with E-state index in [2.05, 4.69) is 37.1 Å². The molecule has 1 unspecified atom stereocenters. The Labute approximate surface area is 172 Å². The summed E-state index contributed by atoms with van der Waals surface area (Å²) in [7, 11) is -1.11. The van der Waals surface area contributed by atoms with Crippen LogP contribution in [0.4, 0.5) is 5.82 Å². The van der Waals surface area contributed by atoms with E-state index >= 15 is 0 Å². The zero-order valence-corrected chi connectivity index (χ0v) is 17.8. The van der Waals surface area contributed by atoms with Crippen LogP contribution >= 0.6 is 15.9 Å². The molecule has 1 atom stereocenters. The minimum Gasteiger partial charge on any atom is -0.488 e. The number of nitrogens with two attached hydrogens (primary N) is 1. The summed E-state index contributed by atoms with van der Waals surface area (Å²) in [6.07, 6.45) is 1.50. The second-order valence-electron chi connectivity index (χ2n) is 6.10. The van der Waals surface area contributed by atoms with Gasteiger partial charge in [-0.25, -0.2) is 14.2 Å². The molecule has 0 aliphatic carbocycles. The highest BCUT2D eigenvalue weighted by molar-refractivity contribution is 9.10. The maximum Gasteiger partial charge on any atom is 0.137 e. The lowest BCUT2D eigenvalue weighted by Crippen LogP contribution is -2.12. The van der Waals surface area contributed by atoms with Crippen LogP contribution in [0.5, 0.6) is 5.75 Å². The summed E-state index contributed by atoms with van der Waals surface area (Å²) in [5.41, 5.74) is 1.60. The first kappa shape index (κ1) is 20.5. The van der Waals surface area contributed by atoms with Crippen LogP contribution in [0.25, 0.3) is 10.9 Å². The largest absolute Gasteiger partial charge is 0.488 e. The first-order chi connectivity index (χ1) is 13.4. The lowest BCUT2D eigenvalue weighted by atomic mass is 10.2. The van der Waals surface area contributed by atoms with Crippen LogP contribution in [0.3, 0.4) is 0 Å². The number of anilines is 1. The Bertz CT molecular complexity index is 1090. The van der Waals surface area contributed by atoms with Crippen molar-refractivity contribution in [2.45, 2.75) is 11.5 Å². The lowest BCUT2D eigenvalue weighted by molar-refractivity contribution is 0.210. The van der Waals surface area contributed by atoms with E-state index in [1.165, 1.54) is 6.33 Å². The van der Waals surface area contributed by atoms with Gasteiger partial charge in [-0.1, -0.05) is 12.1 Å². The molecule has 9 heteroatoms. The third kappa shape index (κ3) is 4.99. The van der Waals surface area contributed by atoms with Gasteiger partial charge < -0.3 is 14.8 Å². The number of rotatable bonds is 8. The van der Waals surface area contributed by atoms with E-state index in [-0.39, 0.29) is 6.61 Å². The topological polar surface area (TPSA) is 99.4 Å². The van der Waals surface area contributed by atoms with Crippen LogP contribution in [-0.4, -0.2) is 40.3 Å². The third-order valence-electron chi connectivity index (χ3n) is 3.98. The molecule has 28 heavy (non-hydrogen) atoms. The van der Waals surface area contributed by atoms with Crippen molar-refractivity contribution in [1.82, 2.24) is 9.97 Å². The predicted octanol–water partition coefficient (Wildman–Crippen LogP) is 2.98. The summed E-state index contributed by atoms with van der Waals surface area (Å²) in [6, 6.07) is 10.9.